The number of nitrogens with zero attached hydrogens (tertiary/aromatic N) is 7. The van der Waals surface area contributed by atoms with E-state index in [1.54, 1.807) is 16.6 Å². The summed E-state index contributed by atoms with van der Waals surface area (Å²) in [6.45, 7) is 5.26. The summed E-state index contributed by atoms with van der Waals surface area (Å²) in [4.78, 5) is 6.62. The Morgan fingerprint density at radius 3 is 2.52 bits per heavy atom. The first kappa shape index (κ1) is 21.4. The molecule has 1 N–H and O–H groups in total. The summed E-state index contributed by atoms with van der Waals surface area (Å²) in [5.41, 5.74) is 1.43. The molecule has 1 aromatic carbocycles. The van der Waals surface area contributed by atoms with Crippen LogP contribution in [0.2, 0.25) is 0 Å². The lowest BCUT2D eigenvalue weighted by Gasteiger charge is -2.36. The number of nitrogens with one attached hydrogen (secondary N) is 1. The van der Waals surface area contributed by atoms with Crippen molar-refractivity contribution in [1.82, 2.24) is 34.9 Å². The maximum absolute atomic E-state index is 13.3. The SMILES string of the molecule is CN(C)CCCNC(=S)N1CCN(c2ccc3nnc(-c4ccc(F)cc4)n3n2)CC1. The minimum atomic E-state index is -0.283. The molecule has 1 saturated heterocycles. The number of benzene rings is 1. The molecule has 10 heteroatoms. The predicted molar refractivity (Wildman–Crippen MR) is 124 cm³/mol. The van der Waals surface area contributed by atoms with Crippen LogP contribution in [-0.2, 0) is 0 Å². The van der Waals surface area contributed by atoms with E-state index in [0.717, 1.165) is 62.2 Å². The minimum absolute atomic E-state index is 0.283. The lowest BCUT2D eigenvalue weighted by Crippen LogP contribution is -2.52. The molecule has 2 aromatic heterocycles. The van der Waals surface area contributed by atoms with Crippen LogP contribution < -0.4 is 10.2 Å². The standard InChI is InChI=1S/C21H27FN8S/c1-27(2)11-3-10-23-21(31)29-14-12-28(13-15-29)19-9-8-18-24-25-20(30(18)26-19)16-4-6-17(22)7-5-16/h4-9H,3,10-15H2,1-2H3,(H,23,31). The number of hydrogen-bond acceptors (Lipinski definition) is 6. The Hall–Kier alpha value is -2.85. The Labute approximate surface area is 186 Å². The van der Waals surface area contributed by atoms with Crippen molar-refractivity contribution in [3.63, 3.8) is 0 Å². The van der Waals surface area contributed by atoms with Crippen molar-refractivity contribution in [3.05, 3.63) is 42.2 Å². The molecule has 164 valence electrons. The van der Waals surface area contributed by atoms with Crippen LogP contribution in [0.25, 0.3) is 17.0 Å². The van der Waals surface area contributed by atoms with Gasteiger partial charge in [-0.2, -0.15) is 4.52 Å². The highest BCUT2D eigenvalue weighted by Crippen LogP contribution is 2.20. The molecule has 0 atom stereocenters. The number of rotatable bonds is 6. The van der Waals surface area contributed by atoms with E-state index in [2.05, 4.69) is 44.3 Å². The first-order chi connectivity index (χ1) is 15.0. The molecule has 0 aliphatic carbocycles. The maximum atomic E-state index is 13.3. The van der Waals surface area contributed by atoms with Crippen molar-refractivity contribution in [2.45, 2.75) is 6.42 Å². The zero-order valence-corrected chi connectivity index (χ0v) is 18.6. The number of anilines is 1. The van der Waals surface area contributed by atoms with Gasteiger partial charge in [0.2, 0.25) is 0 Å². The van der Waals surface area contributed by atoms with Gasteiger partial charge >= 0.3 is 0 Å². The molecule has 0 spiro atoms. The fourth-order valence-corrected chi connectivity index (χ4v) is 3.85. The van der Waals surface area contributed by atoms with Crippen LogP contribution in [0.4, 0.5) is 10.2 Å². The molecule has 0 unspecified atom stereocenters. The summed E-state index contributed by atoms with van der Waals surface area (Å²) >= 11 is 5.56. The maximum Gasteiger partial charge on any atom is 0.185 e. The zero-order valence-electron chi connectivity index (χ0n) is 17.8. The van der Waals surface area contributed by atoms with E-state index in [1.165, 1.54) is 12.1 Å². The molecule has 31 heavy (non-hydrogen) atoms. The Kier molecular flexibility index (Phi) is 6.57. The highest BCUT2D eigenvalue weighted by atomic mass is 32.1. The van der Waals surface area contributed by atoms with E-state index in [-0.39, 0.29) is 5.82 Å². The average molecular weight is 443 g/mol. The van der Waals surface area contributed by atoms with Crippen molar-refractivity contribution >= 4 is 28.8 Å². The number of aromatic nitrogens is 4. The lowest BCUT2D eigenvalue weighted by atomic mass is 10.2. The molecular weight excluding hydrogens is 415 g/mol. The van der Waals surface area contributed by atoms with Crippen LogP contribution in [0, 0.1) is 5.82 Å². The van der Waals surface area contributed by atoms with E-state index in [4.69, 9.17) is 17.3 Å². The molecule has 0 saturated carbocycles. The number of fused-ring (bicyclic) bond motifs is 1. The molecule has 0 bridgehead atoms. The monoisotopic (exact) mass is 442 g/mol. The van der Waals surface area contributed by atoms with Crippen molar-refractivity contribution in [2.75, 3.05) is 58.3 Å². The van der Waals surface area contributed by atoms with Crippen LogP contribution >= 0.6 is 12.2 Å². The van der Waals surface area contributed by atoms with Crippen molar-refractivity contribution in [3.8, 4) is 11.4 Å². The molecular formula is C21H27FN8S. The van der Waals surface area contributed by atoms with E-state index in [0.29, 0.717) is 11.5 Å². The number of hydrogen-bond donors (Lipinski definition) is 1. The van der Waals surface area contributed by atoms with Gasteiger partial charge in [0.1, 0.15) is 11.6 Å². The molecule has 3 heterocycles. The number of halogens is 1. The van der Waals surface area contributed by atoms with Crippen molar-refractivity contribution in [2.24, 2.45) is 0 Å². The van der Waals surface area contributed by atoms with Gasteiger partial charge < -0.3 is 20.0 Å². The largest absolute Gasteiger partial charge is 0.363 e. The van der Waals surface area contributed by atoms with Gasteiger partial charge in [-0.15, -0.1) is 15.3 Å². The van der Waals surface area contributed by atoms with Crippen LogP contribution in [0.1, 0.15) is 6.42 Å². The lowest BCUT2D eigenvalue weighted by molar-refractivity contribution is 0.372. The Bertz CT molecular complexity index is 1030. The zero-order chi connectivity index (χ0) is 21.8. The third-order valence-corrected chi connectivity index (χ3v) is 5.70. The van der Waals surface area contributed by atoms with Gasteiger partial charge in [-0.05, 0) is 75.7 Å². The van der Waals surface area contributed by atoms with Gasteiger partial charge in [-0.25, -0.2) is 4.39 Å². The van der Waals surface area contributed by atoms with E-state index in [9.17, 15) is 4.39 Å². The molecule has 0 amide bonds. The molecule has 1 aliphatic rings. The van der Waals surface area contributed by atoms with E-state index in [1.807, 2.05) is 12.1 Å². The third kappa shape index (κ3) is 5.08. The Balaban J connectivity index is 1.39. The van der Waals surface area contributed by atoms with Crippen LogP contribution in [0.3, 0.4) is 0 Å². The van der Waals surface area contributed by atoms with Gasteiger partial charge in [0.05, 0.1) is 0 Å². The van der Waals surface area contributed by atoms with Crippen molar-refractivity contribution in [1.29, 1.82) is 0 Å². The molecule has 1 fully saturated rings. The van der Waals surface area contributed by atoms with Crippen LogP contribution in [0.5, 0.6) is 0 Å². The topological polar surface area (TPSA) is 64.8 Å². The van der Waals surface area contributed by atoms with Gasteiger partial charge in [0, 0.05) is 38.3 Å². The fraction of sp³-hybridized carbons (Fsp3) is 0.429. The first-order valence-electron chi connectivity index (χ1n) is 10.4. The van der Waals surface area contributed by atoms with E-state index >= 15 is 0 Å². The first-order valence-corrected chi connectivity index (χ1v) is 10.8. The second kappa shape index (κ2) is 9.52. The summed E-state index contributed by atoms with van der Waals surface area (Å²) in [5, 5.41) is 17.4. The van der Waals surface area contributed by atoms with Crippen LogP contribution in [-0.4, -0.2) is 88.1 Å². The summed E-state index contributed by atoms with van der Waals surface area (Å²) in [5.74, 6) is 1.17. The molecule has 1 aliphatic heterocycles. The molecule has 0 radical (unpaired) electrons. The summed E-state index contributed by atoms with van der Waals surface area (Å²) in [6, 6.07) is 10.1. The molecule has 3 aromatic rings. The molecule has 8 nitrogen and oxygen atoms in total. The number of piperazine rings is 1. The summed E-state index contributed by atoms with van der Waals surface area (Å²) < 4.78 is 15.0. The normalized spacial score (nSPS) is 14.5. The van der Waals surface area contributed by atoms with Crippen LogP contribution in [0.15, 0.2) is 36.4 Å². The minimum Gasteiger partial charge on any atom is -0.363 e. The fourth-order valence-electron chi connectivity index (χ4n) is 3.57. The van der Waals surface area contributed by atoms with Gasteiger partial charge in [-0.3, -0.25) is 0 Å². The predicted octanol–water partition coefficient (Wildman–Crippen LogP) is 1.88. The molecule has 4 rings (SSSR count). The van der Waals surface area contributed by atoms with Crippen molar-refractivity contribution < 1.29 is 4.39 Å². The second-order valence-electron chi connectivity index (χ2n) is 7.85. The average Bonchev–Trinajstić information content (AvgIpc) is 3.20. The second-order valence-corrected chi connectivity index (χ2v) is 8.24. The van der Waals surface area contributed by atoms with E-state index < -0.39 is 0 Å². The smallest absolute Gasteiger partial charge is 0.185 e. The van der Waals surface area contributed by atoms with Gasteiger partial charge in [0.15, 0.2) is 16.6 Å². The highest BCUT2D eigenvalue weighted by molar-refractivity contribution is 7.80. The third-order valence-electron chi connectivity index (χ3n) is 5.30. The number of thiocarbonyl (C=S) groups is 1. The summed E-state index contributed by atoms with van der Waals surface area (Å²) in [7, 11) is 4.15. The van der Waals surface area contributed by atoms with Gasteiger partial charge in [0.25, 0.3) is 0 Å². The summed E-state index contributed by atoms with van der Waals surface area (Å²) in [6.07, 6.45) is 1.06. The van der Waals surface area contributed by atoms with Gasteiger partial charge in [-0.1, -0.05) is 0 Å². The Morgan fingerprint density at radius 1 is 1.06 bits per heavy atom. The Morgan fingerprint density at radius 2 is 1.81 bits per heavy atom. The quantitative estimate of drug-likeness (QED) is 0.459. The highest BCUT2D eigenvalue weighted by Gasteiger charge is 2.21.